The molecule has 0 heterocycles. The van der Waals surface area contributed by atoms with E-state index in [1.54, 1.807) is 18.2 Å². The third kappa shape index (κ3) is 3.68. The van der Waals surface area contributed by atoms with E-state index in [1.165, 1.54) is 12.1 Å². The molecule has 5 heteroatoms. The number of rotatable bonds is 5. The topological polar surface area (TPSA) is 35.2 Å². The summed E-state index contributed by atoms with van der Waals surface area (Å²) in [6.07, 6.45) is 0.613. The molecule has 0 fully saturated rings. The molecule has 106 valence electrons. The molecule has 2 rings (SSSR count). The van der Waals surface area contributed by atoms with Gasteiger partial charge < -0.3 is 10.5 Å². The van der Waals surface area contributed by atoms with E-state index in [0.717, 1.165) is 11.6 Å². The Morgan fingerprint density at radius 1 is 1.05 bits per heavy atom. The van der Waals surface area contributed by atoms with Crippen molar-refractivity contribution in [1.82, 2.24) is 0 Å². The highest BCUT2D eigenvalue weighted by Crippen LogP contribution is 2.24. The minimum atomic E-state index is -0.626. The second kappa shape index (κ2) is 6.68. The lowest BCUT2D eigenvalue weighted by Crippen LogP contribution is -2.06. The van der Waals surface area contributed by atoms with E-state index in [1.807, 2.05) is 0 Å². The van der Waals surface area contributed by atoms with E-state index in [4.69, 9.17) is 22.1 Å². The van der Waals surface area contributed by atoms with Crippen molar-refractivity contribution in [2.24, 2.45) is 5.73 Å². The van der Waals surface area contributed by atoms with Gasteiger partial charge in [-0.3, -0.25) is 0 Å². The number of hydrogen-bond donors (Lipinski definition) is 1. The maximum Gasteiger partial charge on any atom is 0.132 e. The van der Waals surface area contributed by atoms with Gasteiger partial charge in [0.2, 0.25) is 0 Å². The van der Waals surface area contributed by atoms with E-state index in [2.05, 4.69) is 0 Å². The van der Waals surface area contributed by atoms with Gasteiger partial charge in [-0.25, -0.2) is 8.78 Å². The molecule has 0 aliphatic carbocycles. The fourth-order valence-corrected chi connectivity index (χ4v) is 2.03. The Balaban J connectivity index is 2.14. The summed E-state index contributed by atoms with van der Waals surface area (Å²) >= 11 is 5.91. The van der Waals surface area contributed by atoms with Crippen LogP contribution in [0.25, 0.3) is 0 Å². The Morgan fingerprint density at radius 3 is 2.55 bits per heavy atom. The molecular weight excluding hydrogens is 284 g/mol. The summed E-state index contributed by atoms with van der Waals surface area (Å²) in [5, 5.41) is 0.591. The van der Waals surface area contributed by atoms with Crippen LogP contribution >= 0.6 is 11.6 Å². The lowest BCUT2D eigenvalue weighted by atomic mass is 10.1. The Hall–Kier alpha value is -1.65. The molecule has 0 saturated heterocycles. The van der Waals surface area contributed by atoms with E-state index in [0.29, 0.717) is 29.3 Å². The van der Waals surface area contributed by atoms with E-state index >= 15 is 0 Å². The zero-order valence-electron chi connectivity index (χ0n) is 10.7. The van der Waals surface area contributed by atoms with Gasteiger partial charge in [-0.05, 0) is 48.9 Å². The van der Waals surface area contributed by atoms with Crippen LogP contribution in [0.4, 0.5) is 8.78 Å². The van der Waals surface area contributed by atoms with Crippen LogP contribution in [0.1, 0.15) is 11.1 Å². The second-order valence-corrected chi connectivity index (χ2v) is 4.75. The van der Waals surface area contributed by atoms with Crippen molar-refractivity contribution in [2.45, 2.75) is 13.0 Å². The van der Waals surface area contributed by atoms with Crippen molar-refractivity contribution in [3.63, 3.8) is 0 Å². The normalized spacial score (nSPS) is 10.6. The Morgan fingerprint density at radius 2 is 1.85 bits per heavy atom. The molecular formula is C15H14ClF2NO. The molecule has 0 bridgehead atoms. The van der Waals surface area contributed by atoms with Crippen molar-refractivity contribution >= 4 is 11.6 Å². The van der Waals surface area contributed by atoms with E-state index < -0.39 is 11.6 Å². The molecule has 0 amide bonds. The first-order valence-electron chi connectivity index (χ1n) is 6.15. The van der Waals surface area contributed by atoms with E-state index in [9.17, 15) is 8.78 Å². The van der Waals surface area contributed by atoms with Gasteiger partial charge in [0.25, 0.3) is 0 Å². The molecule has 2 nitrogen and oxygen atoms in total. The predicted molar refractivity (Wildman–Crippen MR) is 74.9 cm³/mol. The van der Waals surface area contributed by atoms with Crippen LogP contribution in [0, 0.1) is 11.6 Å². The first-order valence-corrected chi connectivity index (χ1v) is 6.53. The third-order valence-electron chi connectivity index (χ3n) is 2.83. The summed E-state index contributed by atoms with van der Waals surface area (Å²) < 4.78 is 31.9. The van der Waals surface area contributed by atoms with Crippen molar-refractivity contribution < 1.29 is 13.5 Å². The average Bonchev–Trinajstić information content (AvgIpc) is 2.40. The van der Waals surface area contributed by atoms with Crippen LogP contribution in [0.2, 0.25) is 5.02 Å². The number of benzene rings is 2. The summed E-state index contributed by atoms with van der Waals surface area (Å²) in [6.45, 7) is 0.479. The van der Waals surface area contributed by atoms with Gasteiger partial charge in [0, 0.05) is 16.7 Å². The van der Waals surface area contributed by atoms with Crippen LogP contribution in [-0.4, -0.2) is 6.54 Å². The highest BCUT2D eigenvalue weighted by Gasteiger charge is 2.08. The minimum absolute atomic E-state index is 0.0192. The fourth-order valence-electron chi connectivity index (χ4n) is 1.83. The molecule has 0 radical (unpaired) electrons. The zero-order chi connectivity index (χ0) is 14.5. The van der Waals surface area contributed by atoms with Gasteiger partial charge in [0.05, 0.1) is 0 Å². The quantitative estimate of drug-likeness (QED) is 0.913. The molecule has 0 atom stereocenters. The Labute approximate surface area is 121 Å². The van der Waals surface area contributed by atoms with Crippen molar-refractivity contribution in [2.75, 3.05) is 6.54 Å². The van der Waals surface area contributed by atoms with Gasteiger partial charge in [-0.15, -0.1) is 0 Å². The van der Waals surface area contributed by atoms with Crippen molar-refractivity contribution in [3.8, 4) is 5.75 Å². The van der Waals surface area contributed by atoms with Gasteiger partial charge in [0.15, 0.2) is 0 Å². The monoisotopic (exact) mass is 297 g/mol. The van der Waals surface area contributed by atoms with E-state index in [-0.39, 0.29) is 6.61 Å². The Kier molecular flexibility index (Phi) is 4.93. The molecule has 0 aliphatic heterocycles. The third-order valence-corrected chi connectivity index (χ3v) is 3.07. The summed E-state index contributed by atoms with van der Waals surface area (Å²) in [5.41, 5.74) is 6.68. The summed E-state index contributed by atoms with van der Waals surface area (Å²) in [4.78, 5) is 0. The molecule has 2 N–H and O–H groups in total. The Bertz CT molecular complexity index is 604. The molecule has 0 aromatic heterocycles. The largest absolute Gasteiger partial charge is 0.489 e. The minimum Gasteiger partial charge on any atom is -0.489 e. The number of hydrogen-bond acceptors (Lipinski definition) is 2. The molecule has 2 aromatic carbocycles. The van der Waals surface area contributed by atoms with Gasteiger partial charge in [-0.1, -0.05) is 11.6 Å². The predicted octanol–water partition coefficient (Wildman–Crippen LogP) is 3.70. The lowest BCUT2D eigenvalue weighted by Gasteiger charge is -2.12. The van der Waals surface area contributed by atoms with Crippen LogP contribution in [-0.2, 0) is 13.0 Å². The fraction of sp³-hybridized carbons (Fsp3) is 0.200. The molecule has 2 aromatic rings. The second-order valence-electron chi connectivity index (χ2n) is 4.32. The first-order chi connectivity index (χ1) is 9.60. The van der Waals surface area contributed by atoms with Crippen LogP contribution in [0.3, 0.4) is 0 Å². The molecule has 20 heavy (non-hydrogen) atoms. The maximum atomic E-state index is 13.5. The highest BCUT2D eigenvalue weighted by atomic mass is 35.5. The standard InChI is InChI=1S/C15H14ClF2NO/c16-12-2-4-15(10(7-12)5-6-19)20-9-11-1-3-13(17)8-14(11)18/h1-4,7-8H,5-6,9,19H2. The first kappa shape index (κ1) is 14.8. The molecule has 0 spiro atoms. The average molecular weight is 298 g/mol. The molecule has 0 unspecified atom stereocenters. The summed E-state index contributed by atoms with van der Waals surface area (Å²) in [7, 11) is 0. The maximum absolute atomic E-state index is 13.5. The van der Waals surface area contributed by atoms with Gasteiger partial charge in [0.1, 0.15) is 24.0 Å². The van der Waals surface area contributed by atoms with Gasteiger partial charge in [-0.2, -0.15) is 0 Å². The highest BCUT2D eigenvalue weighted by molar-refractivity contribution is 6.30. The van der Waals surface area contributed by atoms with Crippen molar-refractivity contribution in [3.05, 3.63) is 64.2 Å². The summed E-state index contributed by atoms with van der Waals surface area (Å²) in [5.74, 6) is -0.635. The van der Waals surface area contributed by atoms with Crippen molar-refractivity contribution in [1.29, 1.82) is 0 Å². The molecule has 0 aliphatic rings. The number of ether oxygens (including phenoxy) is 1. The van der Waals surface area contributed by atoms with Crippen LogP contribution in [0.5, 0.6) is 5.75 Å². The zero-order valence-corrected chi connectivity index (χ0v) is 11.5. The van der Waals surface area contributed by atoms with Crippen LogP contribution in [0.15, 0.2) is 36.4 Å². The SMILES string of the molecule is NCCc1cc(Cl)ccc1OCc1ccc(F)cc1F. The number of nitrogens with two attached hydrogens (primary N) is 1. The van der Waals surface area contributed by atoms with Gasteiger partial charge >= 0.3 is 0 Å². The molecule has 0 saturated carbocycles. The number of halogens is 3. The smallest absolute Gasteiger partial charge is 0.132 e. The lowest BCUT2D eigenvalue weighted by molar-refractivity contribution is 0.296. The summed E-state index contributed by atoms with van der Waals surface area (Å²) in [6, 6.07) is 8.58. The van der Waals surface area contributed by atoms with Crippen LogP contribution < -0.4 is 10.5 Å².